The van der Waals surface area contributed by atoms with Gasteiger partial charge >= 0.3 is 12.2 Å². The lowest BCUT2D eigenvalue weighted by atomic mass is 9.78. The van der Waals surface area contributed by atoms with Crippen molar-refractivity contribution in [2.24, 2.45) is 11.7 Å². The highest BCUT2D eigenvalue weighted by Crippen LogP contribution is 2.37. The molecular formula is C31H39N3O7. The Morgan fingerprint density at radius 3 is 1.63 bits per heavy atom. The summed E-state index contributed by atoms with van der Waals surface area (Å²) >= 11 is 0. The lowest BCUT2D eigenvalue weighted by Gasteiger charge is -2.40. The Morgan fingerprint density at radius 2 is 1.27 bits per heavy atom. The van der Waals surface area contributed by atoms with Crippen LogP contribution in [-0.4, -0.2) is 69.2 Å². The zero-order chi connectivity index (χ0) is 30.2. The summed E-state index contributed by atoms with van der Waals surface area (Å²) in [7, 11) is 5.86. The van der Waals surface area contributed by atoms with E-state index >= 15 is 0 Å². The van der Waals surface area contributed by atoms with E-state index in [9.17, 15) is 19.8 Å². The van der Waals surface area contributed by atoms with Gasteiger partial charge in [0, 0.05) is 37.3 Å². The number of nitrogens with zero attached hydrogens (tertiary/aromatic N) is 2. The fourth-order valence-electron chi connectivity index (χ4n) is 4.70. The average Bonchev–Trinajstić information content (AvgIpc) is 3.00. The highest BCUT2D eigenvalue weighted by atomic mass is 16.5. The van der Waals surface area contributed by atoms with Crippen molar-refractivity contribution >= 4 is 23.6 Å². The monoisotopic (exact) mass is 565 g/mol. The van der Waals surface area contributed by atoms with Crippen molar-refractivity contribution in [2.45, 2.75) is 31.1 Å². The van der Waals surface area contributed by atoms with Crippen LogP contribution in [0.3, 0.4) is 0 Å². The number of nitrogens with two attached hydrogens (primary N) is 1. The molecule has 0 saturated heterocycles. The van der Waals surface area contributed by atoms with Gasteiger partial charge in [-0.25, -0.2) is 9.59 Å². The van der Waals surface area contributed by atoms with Gasteiger partial charge in [-0.1, -0.05) is 42.5 Å². The molecule has 3 rings (SSSR count). The molecule has 0 heterocycles. The lowest BCUT2D eigenvalue weighted by molar-refractivity contribution is -0.0976. The predicted molar refractivity (Wildman–Crippen MR) is 157 cm³/mol. The largest absolute Gasteiger partial charge is 0.470 e. The molecule has 10 nitrogen and oxygen atoms in total. The summed E-state index contributed by atoms with van der Waals surface area (Å²) in [5, 5.41) is 21.3. The molecule has 10 heteroatoms. The second kappa shape index (κ2) is 14.0. The molecule has 0 radical (unpaired) electrons. The van der Waals surface area contributed by atoms with Gasteiger partial charge in [0.05, 0.1) is 20.8 Å². The van der Waals surface area contributed by atoms with Gasteiger partial charge in [-0.3, -0.25) is 15.5 Å². The van der Waals surface area contributed by atoms with Crippen molar-refractivity contribution in [1.82, 2.24) is 0 Å². The molecule has 2 unspecified atom stereocenters. The molecule has 41 heavy (non-hydrogen) atoms. The third kappa shape index (κ3) is 7.35. The Hall–Kier alpha value is -4.12. The molecule has 0 aromatic heterocycles. The Kier molecular flexibility index (Phi) is 10.7. The third-order valence-corrected chi connectivity index (χ3v) is 7.33. The van der Waals surface area contributed by atoms with Gasteiger partial charge in [0.1, 0.15) is 11.9 Å². The molecule has 0 saturated carbocycles. The number of hydrogen-bond donors (Lipinski definition) is 3. The van der Waals surface area contributed by atoms with E-state index in [-0.39, 0.29) is 12.5 Å². The summed E-state index contributed by atoms with van der Waals surface area (Å²) < 4.78 is 15.8. The summed E-state index contributed by atoms with van der Waals surface area (Å²) in [5.41, 5.74) is 8.14. The highest BCUT2D eigenvalue weighted by Gasteiger charge is 2.43. The average molecular weight is 566 g/mol. The van der Waals surface area contributed by atoms with Crippen LogP contribution in [0.15, 0.2) is 78.9 Å². The van der Waals surface area contributed by atoms with Crippen molar-refractivity contribution < 1.29 is 34.0 Å². The molecule has 3 atom stereocenters. The van der Waals surface area contributed by atoms with E-state index in [1.807, 2.05) is 30.3 Å². The number of para-hydroxylation sites is 1. The summed E-state index contributed by atoms with van der Waals surface area (Å²) in [6.07, 6.45) is -1.80. The molecule has 220 valence electrons. The van der Waals surface area contributed by atoms with Crippen LogP contribution in [0.25, 0.3) is 0 Å². The number of carbonyl (C=O) groups is 2. The minimum absolute atomic E-state index is 0.303. The van der Waals surface area contributed by atoms with E-state index < -0.39 is 29.9 Å². The summed E-state index contributed by atoms with van der Waals surface area (Å²) in [5.74, 6) is -0.526. The topological polar surface area (TPSA) is 135 Å². The van der Waals surface area contributed by atoms with E-state index in [0.29, 0.717) is 23.5 Å². The van der Waals surface area contributed by atoms with Crippen molar-refractivity contribution in [1.29, 1.82) is 0 Å². The van der Waals surface area contributed by atoms with Gasteiger partial charge in [-0.05, 0) is 60.9 Å². The van der Waals surface area contributed by atoms with Crippen molar-refractivity contribution in [3.05, 3.63) is 90.0 Å². The molecular weight excluding hydrogens is 526 g/mol. The SMILES string of the molecule is COC(=O)N(C)c1ccc(C(C[C@H](CO)C(N)(Oc2ccccc2)C(C)O)c2ccc(N(C)C(=O)OC)cc2)cc1. The fraction of sp³-hybridized carbons (Fsp3) is 0.355. The first-order chi connectivity index (χ1) is 19.5. The van der Waals surface area contributed by atoms with Crippen LogP contribution >= 0.6 is 0 Å². The molecule has 3 aromatic carbocycles. The van der Waals surface area contributed by atoms with Gasteiger partial charge in [0.15, 0.2) is 5.72 Å². The number of methoxy groups -OCH3 is 2. The fourth-order valence-corrected chi connectivity index (χ4v) is 4.70. The first-order valence-corrected chi connectivity index (χ1v) is 13.2. The van der Waals surface area contributed by atoms with Crippen molar-refractivity contribution in [3.63, 3.8) is 0 Å². The van der Waals surface area contributed by atoms with Gasteiger partial charge < -0.3 is 24.4 Å². The van der Waals surface area contributed by atoms with Crippen molar-refractivity contribution in [2.75, 3.05) is 44.7 Å². The molecule has 0 spiro atoms. The molecule has 3 aromatic rings. The van der Waals surface area contributed by atoms with Crippen molar-refractivity contribution in [3.8, 4) is 5.75 Å². The third-order valence-electron chi connectivity index (χ3n) is 7.33. The van der Waals surface area contributed by atoms with Crippen LogP contribution in [0.2, 0.25) is 0 Å². The van der Waals surface area contributed by atoms with Gasteiger partial charge in [-0.2, -0.15) is 0 Å². The number of amides is 2. The highest BCUT2D eigenvalue weighted by molar-refractivity contribution is 5.87. The summed E-state index contributed by atoms with van der Waals surface area (Å²) in [4.78, 5) is 26.8. The Balaban J connectivity index is 2.02. The maximum atomic E-state index is 12.0. The number of carbonyl (C=O) groups excluding carboxylic acids is 2. The first-order valence-electron chi connectivity index (χ1n) is 13.2. The molecule has 4 N–H and O–H groups in total. The minimum atomic E-state index is -1.61. The normalized spacial score (nSPS) is 14.0. The molecule has 2 amide bonds. The second-order valence-corrected chi connectivity index (χ2v) is 9.85. The molecule has 0 aliphatic heterocycles. The summed E-state index contributed by atoms with van der Waals surface area (Å²) in [6, 6.07) is 23.7. The van der Waals surface area contributed by atoms with Crippen LogP contribution in [-0.2, 0) is 9.47 Å². The van der Waals surface area contributed by atoms with E-state index in [4.69, 9.17) is 19.9 Å². The quantitative estimate of drug-likeness (QED) is 0.292. The second-order valence-electron chi connectivity index (χ2n) is 9.85. The Morgan fingerprint density at radius 1 is 0.829 bits per heavy atom. The van der Waals surface area contributed by atoms with E-state index in [1.165, 1.54) is 30.9 Å². The lowest BCUT2D eigenvalue weighted by Crippen LogP contribution is -2.61. The number of ether oxygens (including phenoxy) is 3. The number of aliphatic hydroxyl groups excluding tert-OH is 2. The van der Waals surface area contributed by atoms with Crippen LogP contribution in [0.5, 0.6) is 5.75 Å². The first kappa shape index (κ1) is 31.4. The maximum absolute atomic E-state index is 12.0. The number of aliphatic hydroxyl groups is 2. The standard InChI is InChI=1S/C31H39N3O7/c1-21(36)31(32,41-27-9-7-6-8-10-27)24(20-35)19-28(22-11-15-25(16-12-22)33(2)29(37)39-4)23-13-17-26(18-14-23)34(3)30(38)40-5/h6-18,21,24,28,35-36H,19-20,32H2,1-5H3/t21?,24-,31?/m1/s1. The maximum Gasteiger partial charge on any atom is 0.413 e. The number of benzene rings is 3. The molecule has 0 aliphatic carbocycles. The Labute approximate surface area is 240 Å². The van der Waals surface area contributed by atoms with Gasteiger partial charge in [-0.15, -0.1) is 0 Å². The zero-order valence-electron chi connectivity index (χ0n) is 24.1. The van der Waals surface area contributed by atoms with E-state index in [2.05, 4.69) is 0 Å². The smallest absolute Gasteiger partial charge is 0.413 e. The minimum Gasteiger partial charge on any atom is -0.470 e. The predicted octanol–water partition coefficient (Wildman–Crippen LogP) is 4.34. The van der Waals surface area contributed by atoms with Crippen LogP contribution in [0.1, 0.15) is 30.4 Å². The summed E-state index contributed by atoms with van der Waals surface area (Å²) in [6.45, 7) is 1.19. The van der Waals surface area contributed by atoms with Crippen LogP contribution in [0.4, 0.5) is 21.0 Å². The Bertz CT molecular complexity index is 1200. The van der Waals surface area contributed by atoms with Crippen LogP contribution < -0.4 is 20.3 Å². The number of hydrogen-bond acceptors (Lipinski definition) is 8. The van der Waals surface area contributed by atoms with Crippen LogP contribution in [0, 0.1) is 5.92 Å². The van der Waals surface area contributed by atoms with Gasteiger partial charge in [0.25, 0.3) is 0 Å². The van der Waals surface area contributed by atoms with E-state index in [0.717, 1.165) is 11.1 Å². The molecule has 0 aliphatic rings. The number of anilines is 2. The zero-order valence-corrected chi connectivity index (χ0v) is 24.1. The number of rotatable bonds is 11. The van der Waals surface area contributed by atoms with E-state index in [1.54, 1.807) is 62.6 Å². The molecule has 0 fully saturated rings. The van der Waals surface area contributed by atoms with Gasteiger partial charge in [0.2, 0.25) is 0 Å². The molecule has 0 bridgehead atoms.